The number of anilines is 1. The Balaban J connectivity index is 1.64. The fraction of sp³-hybridized carbons (Fsp3) is 0.348. The molecule has 1 saturated heterocycles. The molecule has 1 amide bonds. The maximum atomic E-state index is 12.6. The van der Waals surface area contributed by atoms with Gasteiger partial charge in [-0.05, 0) is 37.6 Å². The molecule has 1 heterocycles. The lowest BCUT2D eigenvalue weighted by Crippen LogP contribution is -2.31. The Bertz CT molecular complexity index is 863. The van der Waals surface area contributed by atoms with Crippen LogP contribution >= 0.6 is 0 Å². The number of Topliss-reactive ketones (excluding diaryl/α,β-unsaturated/α-hetero) is 1. The van der Waals surface area contributed by atoms with Crippen molar-refractivity contribution in [1.82, 2.24) is 0 Å². The van der Waals surface area contributed by atoms with Crippen molar-refractivity contribution in [1.29, 1.82) is 0 Å². The first kappa shape index (κ1) is 20.6. The van der Waals surface area contributed by atoms with Gasteiger partial charge in [0.25, 0.3) is 0 Å². The zero-order valence-corrected chi connectivity index (χ0v) is 16.7. The summed E-state index contributed by atoms with van der Waals surface area (Å²) in [6.45, 7) is 4.50. The van der Waals surface area contributed by atoms with Crippen LogP contribution in [-0.4, -0.2) is 36.9 Å². The summed E-state index contributed by atoms with van der Waals surface area (Å²) in [5, 5.41) is 0. The van der Waals surface area contributed by atoms with Crippen LogP contribution in [0.4, 0.5) is 5.69 Å². The van der Waals surface area contributed by atoms with E-state index in [9.17, 15) is 14.4 Å². The quantitative estimate of drug-likeness (QED) is 0.504. The molecule has 0 aliphatic carbocycles. The maximum absolute atomic E-state index is 12.6. The van der Waals surface area contributed by atoms with Crippen LogP contribution in [-0.2, 0) is 14.3 Å². The van der Waals surface area contributed by atoms with Gasteiger partial charge in [0.15, 0.2) is 6.10 Å². The third-order valence-electron chi connectivity index (χ3n) is 4.90. The highest BCUT2D eigenvalue weighted by atomic mass is 16.5. The predicted molar refractivity (Wildman–Crippen MR) is 109 cm³/mol. The van der Waals surface area contributed by atoms with Gasteiger partial charge < -0.3 is 14.4 Å². The van der Waals surface area contributed by atoms with Crippen molar-refractivity contribution in [3.8, 4) is 5.75 Å². The van der Waals surface area contributed by atoms with E-state index in [-0.39, 0.29) is 24.7 Å². The molecular formula is C23H25NO5. The van der Waals surface area contributed by atoms with Crippen LogP contribution in [0.15, 0.2) is 54.6 Å². The molecule has 2 atom stereocenters. The van der Waals surface area contributed by atoms with E-state index in [1.54, 1.807) is 60.4 Å². The van der Waals surface area contributed by atoms with Crippen LogP contribution in [0.2, 0.25) is 0 Å². The largest absolute Gasteiger partial charge is 0.494 e. The van der Waals surface area contributed by atoms with Crippen molar-refractivity contribution < 1.29 is 23.9 Å². The number of esters is 1. The van der Waals surface area contributed by atoms with E-state index in [0.717, 1.165) is 5.75 Å². The number of nitrogens with zero attached hydrogens (tertiary/aromatic N) is 1. The number of hydrogen-bond acceptors (Lipinski definition) is 5. The van der Waals surface area contributed by atoms with Crippen molar-refractivity contribution in [3.63, 3.8) is 0 Å². The molecule has 1 aliphatic rings. The zero-order valence-electron chi connectivity index (χ0n) is 16.7. The molecule has 29 heavy (non-hydrogen) atoms. The Morgan fingerprint density at radius 1 is 1.07 bits per heavy atom. The van der Waals surface area contributed by atoms with Crippen LogP contribution < -0.4 is 9.64 Å². The van der Waals surface area contributed by atoms with Crippen LogP contribution in [0.5, 0.6) is 5.75 Å². The Morgan fingerprint density at radius 2 is 1.76 bits per heavy atom. The molecule has 2 unspecified atom stereocenters. The molecule has 0 N–H and O–H groups in total. The van der Waals surface area contributed by atoms with Gasteiger partial charge in [-0.15, -0.1) is 0 Å². The first-order valence-electron chi connectivity index (χ1n) is 9.86. The van der Waals surface area contributed by atoms with Crippen molar-refractivity contribution in [2.75, 3.05) is 18.1 Å². The van der Waals surface area contributed by atoms with E-state index in [1.807, 2.05) is 13.0 Å². The maximum Gasteiger partial charge on any atom is 0.312 e. The first-order chi connectivity index (χ1) is 14.0. The van der Waals surface area contributed by atoms with Gasteiger partial charge in [-0.1, -0.05) is 37.3 Å². The number of ketones is 1. The molecule has 0 aromatic heterocycles. The van der Waals surface area contributed by atoms with E-state index in [0.29, 0.717) is 24.3 Å². The summed E-state index contributed by atoms with van der Waals surface area (Å²) in [4.78, 5) is 39.2. The summed E-state index contributed by atoms with van der Waals surface area (Å²) in [5.74, 6) is -0.744. The van der Waals surface area contributed by atoms with E-state index < -0.39 is 18.0 Å². The Hall–Kier alpha value is -3.15. The second kappa shape index (κ2) is 9.37. The first-order valence-corrected chi connectivity index (χ1v) is 9.86. The molecule has 152 valence electrons. The summed E-state index contributed by atoms with van der Waals surface area (Å²) < 4.78 is 10.9. The normalized spacial score (nSPS) is 17.1. The molecule has 6 nitrogen and oxygen atoms in total. The van der Waals surface area contributed by atoms with Gasteiger partial charge in [0.2, 0.25) is 11.7 Å². The molecular weight excluding hydrogens is 370 g/mol. The highest BCUT2D eigenvalue weighted by Crippen LogP contribution is 2.28. The second-order valence-electron chi connectivity index (χ2n) is 6.90. The SMILES string of the molecule is CCOc1ccc(N2CC(C(=O)OC(CC)C(=O)c3ccccc3)CC2=O)cc1. The molecule has 1 fully saturated rings. The second-order valence-corrected chi connectivity index (χ2v) is 6.90. The predicted octanol–water partition coefficient (Wildman–Crippen LogP) is 3.64. The fourth-order valence-electron chi connectivity index (χ4n) is 3.35. The topological polar surface area (TPSA) is 72.9 Å². The highest BCUT2D eigenvalue weighted by Gasteiger charge is 2.37. The van der Waals surface area contributed by atoms with Crippen LogP contribution in [0.1, 0.15) is 37.0 Å². The van der Waals surface area contributed by atoms with E-state index in [2.05, 4.69) is 0 Å². The number of ether oxygens (including phenoxy) is 2. The molecule has 0 radical (unpaired) electrons. The zero-order chi connectivity index (χ0) is 20.8. The minimum absolute atomic E-state index is 0.0714. The van der Waals surface area contributed by atoms with Crippen molar-refractivity contribution >= 4 is 23.3 Å². The Morgan fingerprint density at radius 3 is 2.38 bits per heavy atom. The summed E-state index contributed by atoms with van der Waals surface area (Å²) in [7, 11) is 0. The average molecular weight is 395 g/mol. The van der Waals surface area contributed by atoms with Gasteiger partial charge in [-0.2, -0.15) is 0 Å². The van der Waals surface area contributed by atoms with Gasteiger partial charge in [0.1, 0.15) is 5.75 Å². The molecule has 6 heteroatoms. The summed E-state index contributed by atoms with van der Waals surface area (Å²) >= 11 is 0. The lowest BCUT2D eigenvalue weighted by atomic mass is 10.0. The molecule has 0 spiro atoms. The lowest BCUT2D eigenvalue weighted by Gasteiger charge is -2.19. The van der Waals surface area contributed by atoms with Crippen LogP contribution in [0, 0.1) is 5.92 Å². The minimum atomic E-state index is -0.848. The summed E-state index contributed by atoms with van der Waals surface area (Å²) in [6.07, 6.45) is -0.399. The number of carbonyl (C=O) groups excluding carboxylic acids is 3. The lowest BCUT2D eigenvalue weighted by molar-refractivity contribution is -0.151. The van der Waals surface area contributed by atoms with Crippen LogP contribution in [0.3, 0.4) is 0 Å². The number of hydrogen-bond donors (Lipinski definition) is 0. The molecule has 2 aromatic rings. The highest BCUT2D eigenvalue weighted by molar-refractivity contribution is 6.02. The van der Waals surface area contributed by atoms with E-state index in [1.165, 1.54) is 0 Å². The molecule has 0 bridgehead atoms. The fourth-order valence-corrected chi connectivity index (χ4v) is 3.35. The van der Waals surface area contributed by atoms with Gasteiger partial charge in [0, 0.05) is 24.2 Å². The van der Waals surface area contributed by atoms with Gasteiger partial charge in [-0.3, -0.25) is 14.4 Å². The molecule has 3 rings (SSSR count). The molecule has 1 aliphatic heterocycles. The van der Waals surface area contributed by atoms with E-state index in [4.69, 9.17) is 9.47 Å². The number of carbonyl (C=O) groups is 3. The third-order valence-corrected chi connectivity index (χ3v) is 4.90. The number of benzene rings is 2. The smallest absolute Gasteiger partial charge is 0.312 e. The van der Waals surface area contributed by atoms with Crippen molar-refractivity contribution in [3.05, 3.63) is 60.2 Å². The van der Waals surface area contributed by atoms with Gasteiger partial charge in [-0.25, -0.2) is 0 Å². The molecule has 2 aromatic carbocycles. The van der Waals surface area contributed by atoms with Crippen LogP contribution in [0.25, 0.3) is 0 Å². The molecule has 0 saturated carbocycles. The number of rotatable bonds is 8. The Labute approximate surface area is 170 Å². The average Bonchev–Trinajstić information content (AvgIpc) is 3.14. The minimum Gasteiger partial charge on any atom is -0.494 e. The summed E-state index contributed by atoms with van der Waals surface area (Å²) in [5.41, 5.74) is 1.21. The third kappa shape index (κ3) is 4.83. The van der Waals surface area contributed by atoms with Crippen molar-refractivity contribution in [2.24, 2.45) is 5.92 Å². The monoisotopic (exact) mass is 395 g/mol. The number of amides is 1. The summed E-state index contributed by atoms with van der Waals surface area (Å²) in [6, 6.07) is 15.9. The van der Waals surface area contributed by atoms with E-state index >= 15 is 0 Å². The van der Waals surface area contributed by atoms with Gasteiger partial charge in [0.05, 0.1) is 12.5 Å². The van der Waals surface area contributed by atoms with Crippen molar-refractivity contribution in [2.45, 2.75) is 32.8 Å². The standard InChI is InChI=1S/C23H25NO5/c1-3-20(22(26)16-8-6-5-7-9-16)29-23(27)17-14-21(25)24(15-17)18-10-12-19(13-11-18)28-4-2/h5-13,17,20H,3-4,14-15H2,1-2H3. The van der Waals surface area contributed by atoms with Gasteiger partial charge >= 0.3 is 5.97 Å². The Kier molecular flexibility index (Phi) is 6.65.